The molecule has 1 fully saturated rings. The van der Waals surface area contributed by atoms with Gasteiger partial charge in [0.05, 0.1) is 37.2 Å². The van der Waals surface area contributed by atoms with Crippen molar-refractivity contribution in [3.8, 4) is 11.4 Å². The summed E-state index contributed by atoms with van der Waals surface area (Å²) in [5.41, 5.74) is 4.30. The van der Waals surface area contributed by atoms with Crippen LogP contribution in [0.1, 0.15) is 33.8 Å². The second-order valence-electron chi connectivity index (χ2n) is 9.20. The quantitative estimate of drug-likeness (QED) is 0.223. The van der Waals surface area contributed by atoms with Crippen molar-refractivity contribution in [2.24, 2.45) is 0 Å². The summed E-state index contributed by atoms with van der Waals surface area (Å²) in [6.07, 6.45) is 3.71. The highest BCUT2D eigenvalue weighted by Crippen LogP contribution is 2.43. The van der Waals surface area contributed by atoms with E-state index in [4.69, 9.17) is 26.4 Å². The summed E-state index contributed by atoms with van der Waals surface area (Å²) < 4.78 is 17.4. The Kier molecular flexibility index (Phi) is 8.27. The monoisotopic (exact) mass is 571 g/mol. The first kappa shape index (κ1) is 27.8. The van der Waals surface area contributed by atoms with Crippen LogP contribution in [-0.4, -0.2) is 54.5 Å². The van der Waals surface area contributed by atoms with Crippen LogP contribution in [0.4, 0.5) is 11.4 Å². The van der Waals surface area contributed by atoms with E-state index >= 15 is 0 Å². The van der Waals surface area contributed by atoms with Crippen LogP contribution >= 0.6 is 12.2 Å². The standard InChI is InChI=1S/C30H29N5O5S/c1-38-18-26(36)32-23-17-21(13-14-25(23)39-2)35-28(27(33-30(35)41)22-7-4-5-15-31-22)24-8-6-16-34(24)20-11-9-19(10-12-20)29(37)40-3/h4-17,27-28H,18H2,1-3H3,(H,32,36)(H,33,41)/t27-,28+/m0/s1. The highest BCUT2D eigenvalue weighted by molar-refractivity contribution is 7.80. The van der Waals surface area contributed by atoms with Gasteiger partial charge in [0.15, 0.2) is 5.11 Å². The van der Waals surface area contributed by atoms with Crippen molar-refractivity contribution in [3.63, 3.8) is 0 Å². The van der Waals surface area contributed by atoms with E-state index in [1.807, 2.05) is 65.7 Å². The Labute approximate surface area is 242 Å². The highest BCUT2D eigenvalue weighted by atomic mass is 32.1. The van der Waals surface area contributed by atoms with E-state index < -0.39 is 5.97 Å². The zero-order valence-electron chi connectivity index (χ0n) is 22.7. The number of nitrogens with zero attached hydrogens (tertiary/aromatic N) is 3. The molecular formula is C30H29N5O5S. The lowest BCUT2D eigenvalue weighted by Gasteiger charge is -2.29. The van der Waals surface area contributed by atoms with Crippen LogP contribution in [0.3, 0.4) is 0 Å². The molecule has 0 bridgehead atoms. The maximum atomic E-state index is 12.4. The topological polar surface area (TPSA) is 107 Å². The summed E-state index contributed by atoms with van der Waals surface area (Å²) in [6.45, 7) is -0.0935. The summed E-state index contributed by atoms with van der Waals surface area (Å²) in [6, 6.07) is 21.8. The van der Waals surface area contributed by atoms with E-state index in [1.54, 1.807) is 31.5 Å². The van der Waals surface area contributed by atoms with Crippen molar-refractivity contribution >= 4 is 40.6 Å². The second kappa shape index (κ2) is 12.2. The number of thiocarbonyl (C=S) groups is 1. The predicted molar refractivity (Wildman–Crippen MR) is 159 cm³/mol. The van der Waals surface area contributed by atoms with Gasteiger partial charge < -0.3 is 34.3 Å². The SMILES string of the molecule is COCC(=O)Nc1cc(N2C(=S)N[C@@H](c3ccccn3)[C@H]2c2cccn2-c2ccc(C(=O)OC)cc2)ccc1OC. The average Bonchev–Trinajstić information content (AvgIpc) is 3.61. The molecule has 0 radical (unpaired) electrons. The number of esters is 1. The molecule has 5 rings (SSSR count). The number of carbonyl (C=O) groups is 2. The molecule has 2 atom stereocenters. The van der Waals surface area contributed by atoms with E-state index in [0.717, 1.165) is 22.8 Å². The number of pyridine rings is 1. The minimum Gasteiger partial charge on any atom is -0.495 e. The van der Waals surface area contributed by atoms with Crippen LogP contribution in [0.15, 0.2) is 85.2 Å². The van der Waals surface area contributed by atoms with Gasteiger partial charge in [0, 0.05) is 36.6 Å². The second-order valence-corrected chi connectivity index (χ2v) is 9.59. The smallest absolute Gasteiger partial charge is 0.337 e. The first-order valence-corrected chi connectivity index (χ1v) is 13.2. The highest BCUT2D eigenvalue weighted by Gasteiger charge is 2.42. The lowest BCUT2D eigenvalue weighted by molar-refractivity contribution is -0.119. The Morgan fingerprint density at radius 2 is 1.78 bits per heavy atom. The average molecular weight is 572 g/mol. The van der Waals surface area contributed by atoms with Gasteiger partial charge in [0.2, 0.25) is 5.91 Å². The summed E-state index contributed by atoms with van der Waals surface area (Å²) in [7, 11) is 4.36. The van der Waals surface area contributed by atoms with Crippen LogP contribution < -0.4 is 20.3 Å². The summed E-state index contributed by atoms with van der Waals surface area (Å²) in [5, 5.41) is 6.81. The number of nitrogens with one attached hydrogen (secondary N) is 2. The maximum absolute atomic E-state index is 12.4. The third-order valence-corrected chi connectivity index (χ3v) is 7.07. The molecule has 4 aromatic rings. The molecule has 210 valence electrons. The molecule has 10 nitrogen and oxygen atoms in total. The third kappa shape index (κ3) is 5.63. The van der Waals surface area contributed by atoms with Crippen LogP contribution in [0.25, 0.3) is 5.69 Å². The Balaban J connectivity index is 1.60. The van der Waals surface area contributed by atoms with Gasteiger partial charge in [-0.3, -0.25) is 9.78 Å². The molecule has 0 unspecified atom stereocenters. The number of hydrogen-bond donors (Lipinski definition) is 2. The number of benzene rings is 2. The number of hydrogen-bond acceptors (Lipinski definition) is 7. The van der Waals surface area contributed by atoms with Crippen LogP contribution in [-0.2, 0) is 14.3 Å². The van der Waals surface area contributed by atoms with Crippen molar-refractivity contribution in [1.82, 2.24) is 14.9 Å². The molecular weight excluding hydrogens is 542 g/mol. The number of amides is 1. The molecule has 11 heteroatoms. The van der Waals surface area contributed by atoms with Gasteiger partial charge in [-0.05, 0) is 78.9 Å². The lowest BCUT2D eigenvalue weighted by atomic mass is 10.0. The van der Waals surface area contributed by atoms with Crippen LogP contribution in [0.2, 0.25) is 0 Å². The predicted octanol–water partition coefficient (Wildman–Crippen LogP) is 4.43. The van der Waals surface area contributed by atoms with E-state index in [-0.39, 0.29) is 24.6 Å². The van der Waals surface area contributed by atoms with Crippen LogP contribution in [0.5, 0.6) is 5.75 Å². The zero-order chi connectivity index (χ0) is 28.9. The lowest BCUT2D eigenvalue weighted by Crippen LogP contribution is -2.30. The van der Waals surface area contributed by atoms with Crippen LogP contribution in [0, 0.1) is 0 Å². The number of rotatable bonds is 9. The van der Waals surface area contributed by atoms with Gasteiger partial charge in [-0.15, -0.1) is 0 Å². The van der Waals surface area contributed by atoms with E-state index in [2.05, 4.69) is 20.2 Å². The zero-order valence-corrected chi connectivity index (χ0v) is 23.6. The molecule has 2 aromatic heterocycles. The molecule has 3 heterocycles. The largest absolute Gasteiger partial charge is 0.495 e. The van der Waals surface area contributed by atoms with Gasteiger partial charge in [-0.2, -0.15) is 0 Å². The summed E-state index contributed by atoms with van der Waals surface area (Å²) >= 11 is 5.89. The molecule has 0 aliphatic carbocycles. The molecule has 0 spiro atoms. The number of ether oxygens (including phenoxy) is 3. The third-order valence-electron chi connectivity index (χ3n) is 6.76. The molecule has 0 saturated carbocycles. The Morgan fingerprint density at radius 3 is 2.46 bits per heavy atom. The van der Waals surface area contributed by atoms with Crippen molar-refractivity contribution < 1.29 is 23.8 Å². The van der Waals surface area contributed by atoms with Crippen molar-refractivity contribution in [2.45, 2.75) is 12.1 Å². The summed E-state index contributed by atoms with van der Waals surface area (Å²) in [4.78, 5) is 31.0. The number of carbonyl (C=O) groups excluding carboxylic acids is 2. The van der Waals surface area contributed by atoms with Gasteiger partial charge in [0.25, 0.3) is 0 Å². The maximum Gasteiger partial charge on any atom is 0.337 e. The molecule has 1 aliphatic heterocycles. The molecule has 1 amide bonds. The fourth-order valence-electron chi connectivity index (χ4n) is 4.94. The minimum absolute atomic E-state index is 0.0935. The van der Waals surface area contributed by atoms with Gasteiger partial charge in [-0.1, -0.05) is 6.07 Å². The van der Waals surface area contributed by atoms with Gasteiger partial charge in [0.1, 0.15) is 18.4 Å². The Morgan fingerprint density at radius 1 is 1.00 bits per heavy atom. The van der Waals surface area contributed by atoms with Crippen molar-refractivity contribution in [1.29, 1.82) is 0 Å². The van der Waals surface area contributed by atoms with Gasteiger partial charge in [-0.25, -0.2) is 4.79 Å². The van der Waals surface area contributed by atoms with E-state index in [1.165, 1.54) is 14.2 Å². The van der Waals surface area contributed by atoms with Crippen molar-refractivity contribution in [2.75, 3.05) is 38.2 Å². The van der Waals surface area contributed by atoms with Crippen molar-refractivity contribution in [3.05, 3.63) is 102 Å². The first-order valence-electron chi connectivity index (χ1n) is 12.8. The Hall–Kier alpha value is -4.74. The first-order chi connectivity index (χ1) is 19.9. The van der Waals surface area contributed by atoms with E-state index in [9.17, 15) is 9.59 Å². The normalized spacial score (nSPS) is 16.3. The Bertz CT molecular complexity index is 1560. The number of anilines is 2. The summed E-state index contributed by atoms with van der Waals surface area (Å²) in [5.74, 6) is -0.204. The molecule has 1 saturated heterocycles. The fraction of sp³-hybridized carbons (Fsp3) is 0.200. The van der Waals surface area contributed by atoms with Gasteiger partial charge >= 0.3 is 5.97 Å². The molecule has 2 N–H and O–H groups in total. The minimum atomic E-state index is -0.399. The molecule has 41 heavy (non-hydrogen) atoms. The van der Waals surface area contributed by atoms with E-state index in [0.29, 0.717) is 22.1 Å². The number of methoxy groups -OCH3 is 3. The molecule has 1 aliphatic rings. The molecule has 2 aromatic carbocycles. The number of aromatic nitrogens is 2. The fourth-order valence-corrected chi connectivity index (χ4v) is 5.29.